The molecule has 0 N–H and O–H groups in total. The maximum atomic E-state index is 11.4. The Morgan fingerprint density at radius 2 is 1.32 bits per heavy atom. The summed E-state index contributed by atoms with van der Waals surface area (Å²) in [6.07, 6.45) is 23.7. The molecular weight excluding hydrogens is 268 g/mol. The predicted octanol–water partition coefficient (Wildman–Crippen LogP) is 7.03. The monoisotopic (exact) mass is 306 g/mol. The second-order valence-corrected chi connectivity index (χ2v) is 6.60. The second kappa shape index (κ2) is 16.5. The van der Waals surface area contributed by atoms with E-state index < -0.39 is 0 Å². The van der Waals surface area contributed by atoms with E-state index in [9.17, 15) is 4.79 Å². The van der Waals surface area contributed by atoms with E-state index in [4.69, 9.17) is 0 Å². The van der Waals surface area contributed by atoms with Gasteiger partial charge in [0.15, 0.2) is 0 Å². The third kappa shape index (κ3) is 15.5. The average Bonchev–Trinajstić information content (AvgIpc) is 2.50. The van der Waals surface area contributed by atoms with E-state index in [0.717, 1.165) is 32.1 Å². The summed E-state index contributed by atoms with van der Waals surface area (Å²) >= 11 is 0. The fourth-order valence-corrected chi connectivity index (χ4v) is 2.40. The maximum Gasteiger partial charge on any atom is 0.135 e. The Kier molecular flexibility index (Phi) is 15.9. The molecule has 0 aromatic heterocycles. The van der Waals surface area contributed by atoms with E-state index in [1.54, 1.807) is 0 Å². The molecule has 0 spiro atoms. The van der Waals surface area contributed by atoms with Gasteiger partial charge in [-0.15, -0.1) is 0 Å². The third-order valence-electron chi connectivity index (χ3n) is 4.02. The lowest BCUT2D eigenvalue weighted by atomic mass is 10.0. The SMILES string of the molecule is CCCCCCCC/C=C\C/C=C\CCCCC(=O)C(C)C. The second-order valence-electron chi connectivity index (χ2n) is 6.60. The highest BCUT2D eigenvalue weighted by atomic mass is 16.1. The first kappa shape index (κ1) is 21.1. The van der Waals surface area contributed by atoms with Crippen LogP contribution in [-0.2, 0) is 4.79 Å². The normalized spacial score (nSPS) is 12.0. The topological polar surface area (TPSA) is 17.1 Å². The molecule has 0 aliphatic rings. The smallest absolute Gasteiger partial charge is 0.135 e. The van der Waals surface area contributed by atoms with Crippen LogP contribution in [0.15, 0.2) is 24.3 Å². The molecule has 0 unspecified atom stereocenters. The number of rotatable bonds is 15. The van der Waals surface area contributed by atoms with E-state index in [1.165, 1.54) is 44.9 Å². The maximum absolute atomic E-state index is 11.4. The van der Waals surface area contributed by atoms with Crippen molar-refractivity contribution in [2.24, 2.45) is 5.92 Å². The fourth-order valence-electron chi connectivity index (χ4n) is 2.40. The van der Waals surface area contributed by atoms with Crippen LogP contribution in [-0.4, -0.2) is 5.78 Å². The van der Waals surface area contributed by atoms with Crippen LogP contribution in [0.5, 0.6) is 0 Å². The van der Waals surface area contributed by atoms with Crippen molar-refractivity contribution in [3.8, 4) is 0 Å². The zero-order valence-corrected chi connectivity index (χ0v) is 15.3. The number of hydrogen-bond donors (Lipinski definition) is 0. The summed E-state index contributed by atoms with van der Waals surface area (Å²) in [6, 6.07) is 0. The molecule has 0 atom stereocenters. The van der Waals surface area contributed by atoms with Crippen LogP contribution in [0.1, 0.15) is 97.8 Å². The van der Waals surface area contributed by atoms with Gasteiger partial charge in [0.1, 0.15) is 5.78 Å². The van der Waals surface area contributed by atoms with E-state index in [0.29, 0.717) is 5.78 Å². The van der Waals surface area contributed by atoms with E-state index >= 15 is 0 Å². The average molecular weight is 307 g/mol. The zero-order chi connectivity index (χ0) is 16.5. The number of allylic oxidation sites excluding steroid dienone is 4. The van der Waals surface area contributed by atoms with Gasteiger partial charge in [-0.05, 0) is 38.5 Å². The molecule has 1 heteroatoms. The van der Waals surface area contributed by atoms with Crippen molar-refractivity contribution in [2.45, 2.75) is 97.8 Å². The molecule has 0 amide bonds. The Morgan fingerprint density at radius 3 is 1.91 bits per heavy atom. The molecule has 0 aliphatic carbocycles. The van der Waals surface area contributed by atoms with Crippen molar-refractivity contribution >= 4 is 5.78 Å². The molecule has 128 valence electrons. The van der Waals surface area contributed by atoms with Crippen LogP contribution in [0.25, 0.3) is 0 Å². The van der Waals surface area contributed by atoms with Gasteiger partial charge in [-0.2, -0.15) is 0 Å². The van der Waals surface area contributed by atoms with Gasteiger partial charge < -0.3 is 0 Å². The Labute approximate surface area is 139 Å². The van der Waals surface area contributed by atoms with Crippen LogP contribution < -0.4 is 0 Å². The number of carbonyl (C=O) groups excluding carboxylic acids is 1. The number of unbranched alkanes of at least 4 members (excludes halogenated alkanes) is 8. The molecule has 0 bridgehead atoms. The van der Waals surface area contributed by atoms with Crippen LogP contribution in [0.2, 0.25) is 0 Å². The zero-order valence-electron chi connectivity index (χ0n) is 15.3. The van der Waals surface area contributed by atoms with Gasteiger partial charge in [-0.3, -0.25) is 4.79 Å². The first-order chi connectivity index (χ1) is 10.7. The van der Waals surface area contributed by atoms with Crippen molar-refractivity contribution in [1.29, 1.82) is 0 Å². The summed E-state index contributed by atoms with van der Waals surface area (Å²) in [5.74, 6) is 0.605. The molecule has 0 heterocycles. The molecule has 0 aromatic carbocycles. The summed E-state index contributed by atoms with van der Waals surface area (Å²) in [5.41, 5.74) is 0. The standard InChI is InChI=1S/C21H38O/c1-4-5-6-7-8-9-10-11-12-13-14-15-16-17-18-19-21(22)20(2)3/h11-12,14-15,20H,4-10,13,16-19H2,1-3H3/b12-11-,15-14-. The summed E-state index contributed by atoms with van der Waals surface area (Å²) in [7, 11) is 0. The molecule has 0 saturated carbocycles. The minimum Gasteiger partial charge on any atom is -0.299 e. The molecule has 0 aliphatic heterocycles. The number of ketones is 1. The Balaban J connectivity index is 3.29. The number of hydrogen-bond acceptors (Lipinski definition) is 1. The van der Waals surface area contributed by atoms with Crippen LogP contribution in [0, 0.1) is 5.92 Å². The molecule has 22 heavy (non-hydrogen) atoms. The van der Waals surface area contributed by atoms with Crippen molar-refractivity contribution in [3.05, 3.63) is 24.3 Å². The third-order valence-corrected chi connectivity index (χ3v) is 4.02. The van der Waals surface area contributed by atoms with E-state index in [2.05, 4.69) is 31.2 Å². The Bertz CT molecular complexity index is 299. The lowest BCUT2D eigenvalue weighted by molar-refractivity contribution is -0.122. The van der Waals surface area contributed by atoms with Crippen molar-refractivity contribution < 1.29 is 4.79 Å². The lowest BCUT2D eigenvalue weighted by Crippen LogP contribution is -2.05. The number of carbonyl (C=O) groups is 1. The quantitative estimate of drug-likeness (QED) is 0.234. The van der Waals surface area contributed by atoms with Gasteiger partial charge in [-0.1, -0.05) is 77.2 Å². The molecule has 0 aromatic rings. The fraction of sp³-hybridized carbons (Fsp3) is 0.762. The molecule has 0 rings (SSSR count). The summed E-state index contributed by atoms with van der Waals surface area (Å²) < 4.78 is 0. The van der Waals surface area contributed by atoms with Gasteiger partial charge in [0.25, 0.3) is 0 Å². The van der Waals surface area contributed by atoms with Gasteiger partial charge in [-0.25, -0.2) is 0 Å². The minimum atomic E-state index is 0.201. The van der Waals surface area contributed by atoms with Crippen LogP contribution >= 0.6 is 0 Å². The highest BCUT2D eigenvalue weighted by Crippen LogP contribution is 2.08. The first-order valence-electron chi connectivity index (χ1n) is 9.51. The molecule has 0 saturated heterocycles. The highest BCUT2D eigenvalue weighted by Gasteiger charge is 2.05. The molecular formula is C21H38O. The predicted molar refractivity (Wildman–Crippen MR) is 99.2 cm³/mol. The van der Waals surface area contributed by atoms with Crippen LogP contribution in [0.4, 0.5) is 0 Å². The summed E-state index contributed by atoms with van der Waals surface area (Å²) in [4.78, 5) is 11.4. The largest absolute Gasteiger partial charge is 0.299 e. The van der Waals surface area contributed by atoms with E-state index in [-0.39, 0.29) is 5.92 Å². The van der Waals surface area contributed by atoms with Gasteiger partial charge in [0, 0.05) is 12.3 Å². The minimum absolute atomic E-state index is 0.201. The van der Waals surface area contributed by atoms with Gasteiger partial charge in [0.05, 0.1) is 0 Å². The summed E-state index contributed by atoms with van der Waals surface area (Å²) in [5, 5.41) is 0. The first-order valence-corrected chi connectivity index (χ1v) is 9.51. The van der Waals surface area contributed by atoms with Crippen molar-refractivity contribution in [3.63, 3.8) is 0 Å². The van der Waals surface area contributed by atoms with Gasteiger partial charge >= 0.3 is 0 Å². The van der Waals surface area contributed by atoms with Crippen molar-refractivity contribution in [1.82, 2.24) is 0 Å². The Hall–Kier alpha value is -0.850. The number of Topliss-reactive ketones (excluding diaryl/α,β-unsaturated/α-hetero) is 1. The highest BCUT2D eigenvalue weighted by molar-refractivity contribution is 5.80. The lowest BCUT2D eigenvalue weighted by Gasteiger charge is -2.02. The van der Waals surface area contributed by atoms with Crippen molar-refractivity contribution in [2.75, 3.05) is 0 Å². The van der Waals surface area contributed by atoms with Gasteiger partial charge in [0.2, 0.25) is 0 Å². The molecule has 0 radical (unpaired) electrons. The molecule has 0 fully saturated rings. The van der Waals surface area contributed by atoms with E-state index in [1.807, 2.05) is 13.8 Å². The molecule has 1 nitrogen and oxygen atoms in total. The summed E-state index contributed by atoms with van der Waals surface area (Å²) in [6.45, 7) is 6.24. The van der Waals surface area contributed by atoms with Crippen LogP contribution in [0.3, 0.4) is 0 Å². The Morgan fingerprint density at radius 1 is 0.773 bits per heavy atom.